The Morgan fingerprint density at radius 1 is 1.22 bits per heavy atom. The van der Waals surface area contributed by atoms with E-state index in [4.69, 9.17) is 5.73 Å². The molecule has 0 aliphatic heterocycles. The lowest BCUT2D eigenvalue weighted by Crippen LogP contribution is -2.09. The minimum atomic E-state index is -0.0532. The van der Waals surface area contributed by atoms with Crippen molar-refractivity contribution in [1.82, 2.24) is 4.98 Å². The van der Waals surface area contributed by atoms with Crippen molar-refractivity contribution in [3.63, 3.8) is 0 Å². The number of benzene rings is 1. The zero-order chi connectivity index (χ0) is 13.0. The second-order valence-corrected chi connectivity index (χ2v) is 4.30. The molecule has 0 saturated heterocycles. The summed E-state index contributed by atoms with van der Waals surface area (Å²) in [5.41, 5.74) is 7.89. The van der Waals surface area contributed by atoms with E-state index in [0.29, 0.717) is 23.7 Å². The summed E-state index contributed by atoms with van der Waals surface area (Å²) >= 11 is 0. The molecule has 0 radical (unpaired) electrons. The van der Waals surface area contributed by atoms with Gasteiger partial charge in [0, 0.05) is 11.8 Å². The smallest absolute Gasteiger partial charge is 0.211 e. The van der Waals surface area contributed by atoms with Gasteiger partial charge in [0.15, 0.2) is 0 Å². The van der Waals surface area contributed by atoms with Gasteiger partial charge in [0.25, 0.3) is 0 Å². The van der Waals surface area contributed by atoms with Crippen LogP contribution in [0.3, 0.4) is 0 Å². The molecule has 2 rings (SSSR count). The summed E-state index contributed by atoms with van der Waals surface area (Å²) in [6.45, 7) is 2.67. The molecule has 2 aromatic rings. The minimum Gasteiger partial charge on any atom is -0.330 e. The first-order chi connectivity index (χ1) is 8.72. The first-order valence-corrected chi connectivity index (χ1v) is 5.98. The Labute approximate surface area is 107 Å². The summed E-state index contributed by atoms with van der Waals surface area (Å²) in [6, 6.07) is 12.9. The fraction of sp³-hybridized carbons (Fsp3) is 0.200. The van der Waals surface area contributed by atoms with E-state index in [2.05, 4.69) is 11.9 Å². The molecule has 1 aromatic heterocycles. The highest BCUT2D eigenvalue weighted by Crippen LogP contribution is 2.16. The highest BCUT2D eigenvalue weighted by atomic mass is 16.1. The van der Waals surface area contributed by atoms with Crippen molar-refractivity contribution in [1.29, 1.82) is 0 Å². The van der Waals surface area contributed by atoms with E-state index in [1.54, 1.807) is 18.3 Å². The van der Waals surface area contributed by atoms with Gasteiger partial charge >= 0.3 is 0 Å². The molecule has 0 aliphatic rings. The zero-order valence-electron chi connectivity index (χ0n) is 10.3. The van der Waals surface area contributed by atoms with Gasteiger partial charge in [-0.25, -0.2) is 0 Å². The average Bonchev–Trinajstić information content (AvgIpc) is 2.47. The maximum absolute atomic E-state index is 12.1. The Hall–Kier alpha value is -2.00. The number of carbonyl (C=O) groups excluding carboxylic acids is 1. The molecular weight excluding hydrogens is 224 g/mol. The van der Waals surface area contributed by atoms with E-state index in [1.807, 2.05) is 30.3 Å². The van der Waals surface area contributed by atoms with Crippen molar-refractivity contribution in [3.8, 4) is 0 Å². The van der Waals surface area contributed by atoms with Crippen molar-refractivity contribution in [2.24, 2.45) is 5.73 Å². The minimum absolute atomic E-state index is 0.0532. The van der Waals surface area contributed by atoms with Crippen LogP contribution in [0, 0.1) is 0 Å². The molecule has 0 saturated carbocycles. The van der Waals surface area contributed by atoms with Gasteiger partial charge in [-0.1, -0.05) is 37.3 Å². The highest BCUT2D eigenvalue weighted by molar-refractivity contribution is 6.07. The molecule has 0 spiro atoms. The van der Waals surface area contributed by atoms with Crippen LogP contribution in [0.2, 0.25) is 0 Å². The Morgan fingerprint density at radius 3 is 2.50 bits per heavy atom. The summed E-state index contributed by atoms with van der Waals surface area (Å²) < 4.78 is 0. The summed E-state index contributed by atoms with van der Waals surface area (Å²) in [5, 5.41) is 0. The largest absolute Gasteiger partial charge is 0.330 e. The second kappa shape index (κ2) is 5.56. The molecule has 1 unspecified atom stereocenters. The molecule has 1 aromatic carbocycles. The number of ketones is 1. The van der Waals surface area contributed by atoms with Crippen molar-refractivity contribution in [3.05, 3.63) is 65.5 Å². The van der Waals surface area contributed by atoms with E-state index in [-0.39, 0.29) is 5.78 Å². The summed E-state index contributed by atoms with van der Waals surface area (Å²) in [5.74, 6) is 0.256. The van der Waals surface area contributed by atoms with Gasteiger partial charge in [-0.15, -0.1) is 0 Å². The van der Waals surface area contributed by atoms with Crippen LogP contribution in [0.4, 0.5) is 0 Å². The summed E-state index contributed by atoms with van der Waals surface area (Å²) in [6.07, 6.45) is 1.62. The number of nitrogens with zero attached hydrogens (tertiary/aromatic N) is 1. The third kappa shape index (κ3) is 2.63. The Bertz CT molecular complexity index is 520. The standard InChI is InChI=1S/C15H16N2O/c1-11(10-16)12-5-7-13(8-6-12)15(18)14-4-2-3-9-17-14/h2-9,11H,10,16H2,1H3. The molecule has 18 heavy (non-hydrogen) atoms. The van der Waals surface area contributed by atoms with Gasteiger partial charge in [-0.3, -0.25) is 9.78 Å². The first kappa shape index (κ1) is 12.5. The van der Waals surface area contributed by atoms with Crippen LogP contribution in [-0.2, 0) is 0 Å². The van der Waals surface area contributed by atoms with Crippen LogP contribution < -0.4 is 5.73 Å². The fourth-order valence-electron chi connectivity index (χ4n) is 1.74. The van der Waals surface area contributed by atoms with Crippen LogP contribution in [0.1, 0.15) is 34.5 Å². The van der Waals surface area contributed by atoms with Gasteiger partial charge in [-0.2, -0.15) is 0 Å². The number of aromatic nitrogens is 1. The topological polar surface area (TPSA) is 56.0 Å². The molecular formula is C15H16N2O. The van der Waals surface area contributed by atoms with Crippen molar-refractivity contribution >= 4 is 5.78 Å². The van der Waals surface area contributed by atoms with E-state index in [9.17, 15) is 4.79 Å². The van der Waals surface area contributed by atoms with E-state index >= 15 is 0 Å². The molecule has 3 nitrogen and oxygen atoms in total. The van der Waals surface area contributed by atoms with E-state index < -0.39 is 0 Å². The maximum Gasteiger partial charge on any atom is 0.211 e. The van der Waals surface area contributed by atoms with Crippen molar-refractivity contribution in [2.75, 3.05) is 6.54 Å². The molecule has 1 atom stereocenters. The van der Waals surface area contributed by atoms with Crippen LogP contribution in [0.25, 0.3) is 0 Å². The molecule has 0 bridgehead atoms. The van der Waals surface area contributed by atoms with Crippen LogP contribution in [0.15, 0.2) is 48.7 Å². The molecule has 2 N–H and O–H groups in total. The van der Waals surface area contributed by atoms with Crippen molar-refractivity contribution in [2.45, 2.75) is 12.8 Å². The summed E-state index contributed by atoms with van der Waals surface area (Å²) in [7, 11) is 0. The van der Waals surface area contributed by atoms with Crippen LogP contribution in [-0.4, -0.2) is 17.3 Å². The Balaban J connectivity index is 2.22. The predicted octanol–water partition coefficient (Wildman–Crippen LogP) is 2.37. The SMILES string of the molecule is CC(CN)c1ccc(C(=O)c2ccccn2)cc1. The molecule has 1 heterocycles. The van der Waals surface area contributed by atoms with E-state index in [0.717, 1.165) is 5.56 Å². The second-order valence-electron chi connectivity index (χ2n) is 4.30. The number of nitrogens with two attached hydrogens (primary N) is 1. The molecule has 0 aliphatic carbocycles. The van der Waals surface area contributed by atoms with Crippen LogP contribution in [0.5, 0.6) is 0 Å². The summed E-state index contributed by atoms with van der Waals surface area (Å²) in [4.78, 5) is 16.2. The van der Waals surface area contributed by atoms with Gasteiger partial charge < -0.3 is 5.73 Å². The molecule has 92 valence electrons. The lowest BCUT2D eigenvalue weighted by Gasteiger charge is -2.09. The monoisotopic (exact) mass is 240 g/mol. The van der Waals surface area contributed by atoms with Crippen LogP contribution >= 0.6 is 0 Å². The number of rotatable bonds is 4. The third-order valence-corrected chi connectivity index (χ3v) is 2.99. The highest BCUT2D eigenvalue weighted by Gasteiger charge is 2.10. The predicted molar refractivity (Wildman–Crippen MR) is 71.6 cm³/mol. The third-order valence-electron chi connectivity index (χ3n) is 2.99. The lowest BCUT2D eigenvalue weighted by molar-refractivity contribution is 0.103. The number of carbonyl (C=O) groups is 1. The zero-order valence-corrected chi connectivity index (χ0v) is 10.3. The lowest BCUT2D eigenvalue weighted by atomic mass is 9.98. The normalized spacial score (nSPS) is 12.1. The first-order valence-electron chi connectivity index (χ1n) is 5.98. The average molecular weight is 240 g/mol. The molecule has 3 heteroatoms. The van der Waals surface area contributed by atoms with Gasteiger partial charge in [0.1, 0.15) is 5.69 Å². The fourth-order valence-corrected chi connectivity index (χ4v) is 1.74. The molecule has 0 fully saturated rings. The quantitative estimate of drug-likeness (QED) is 0.835. The Kier molecular flexibility index (Phi) is 3.85. The van der Waals surface area contributed by atoms with Gasteiger partial charge in [0.2, 0.25) is 5.78 Å². The number of pyridine rings is 1. The maximum atomic E-state index is 12.1. The number of hydrogen-bond acceptors (Lipinski definition) is 3. The van der Waals surface area contributed by atoms with E-state index in [1.165, 1.54) is 0 Å². The van der Waals surface area contributed by atoms with Gasteiger partial charge in [-0.05, 0) is 30.2 Å². The molecule has 0 amide bonds. The number of hydrogen-bond donors (Lipinski definition) is 1. The van der Waals surface area contributed by atoms with Crippen molar-refractivity contribution < 1.29 is 4.79 Å². The Morgan fingerprint density at radius 2 is 1.94 bits per heavy atom. The van der Waals surface area contributed by atoms with Gasteiger partial charge in [0.05, 0.1) is 0 Å².